The number of hydrogen-bond acceptors (Lipinski definition) is 4. The fourth-order valence-electron chi connectivity index (χ4n) is 5.09. The van der Waals surface area contributed by atoms with Gasteiger partial charge in [-0.05, 0) is 73.9 Å². The first-order valence-electron chi connectivity index (χ1n) is 12.2. The molecule has 1 amide bonds. The Labute approximate surface area is 191 Å². The number of likely N-dealkylation sites (tertiary alicyclic amines) is 2. The molecule has 0 atom stereocenters. The van der Waals surface area contributed by atoms with Crippen molar-refractivity contribution in [2.45, 2.75) is 63.2 Å². The molecule has 2 aliphatic heterocycles. The van der Waals surface area contributed by atoms with Gasteiger partial charge in [-0.1, -0.05) is 30.7 Å². The van der Waals surface area contributed by atoms with Crippen LogP contribution in [0.5, 0.6) is 5.75 Å². The molecule has 32 heavy (non-hydrogen) atoms. The van der Waals surface area contributed by atoms with Crippen LogP contribution in [-0.4, -0.2) is 65.2 Å². The van der Waals surface area contributed by atoms with Crippen molar-refractivity contribution in [1.82, 2.24) is 9.80 Å². The maximum atomic E-state index is 12.7. The van der Waals surface area contributed by atoms with E-state index in [0.717, 1.165) is 48.8 Å². The molecule has 1 aliphatic carbocycles. The first kappa shape index (κ1) is 21.5. The number of ether oxygens (including phenoxy) is 1. The van der Waals surface area contributed by atoms with Gasteiger partial charge in [0.25, 0.3) is 5.91 Å². The summed E-state index contributed by atoms with van der Waals surface area (Å²) in [5.41, 5.74) is 2.92. The van der Waals surface area contributed by atoms with Gasteiger partial charge in [0.05, 0.1) is 6.10 Å². The van der Waals surface area contributed by atoms with Crippen LogP contribution >= 0.6 is 0 Å². The zero-order valence-corrected chi connectivity index (χ0v) is 18.8. The van der Waals surface area contributed by atoms with Crippen LogP contribution in [0.1, 0.15) is 55.3 Å². The molecule has 5 nitrogen and oxygen atoms in total. The Morgan fingerprint density at radius 2 is 1.38 bits per heavy atom. The molecule has 3 fully saturated rings. The van der Waals surface area contributed by atoms with Gasteiger partial charge in [-0.2, -0.15) is 0 Å². The maximum Gasteiger partial charge on any atom is 0.253 e. The summed E-state index contributed by atoms with van der Waals surface area (Å²) in [7, 11) is 0. The van der Waals surface area contributed by atoms with E-state index in [1.54, 1.807) is 0 Å². The zero-order chi connectivity index (χ0) is 21.9. The van der Waals surface area contributed by atoms with Crippen LogP contribution in [0.2, 0.25) is 0 Å². The summed E-state index contributed by atoms with van der Waals surface area (Å²) in [6.45, 7) is 3.58. The van der Waals surface area contributed by atoms with Crippen LogP contribution in [0.3, 0.4) is 0 Å². The summed E-state index contributed by atoms with van der Waals surface area (Å²) in [6.07, 6.45) is 7.76. The van der Waals surface area contributed by atoms with Crippen molar-refractivity contribution in [3.8, 4) is 16.9 Å². The van der Waals surface area contributed by atoms with Gasteiger partial charge in [-0.25, -0.2) is 0 Å². The molecule has 0 aromatic heterocycles. The Bertz CT molecular complexity index is 892. The third kappa shape index (κ3) is 4.84. The highest BCUT2D eigenvalue weighted by atomic mass is 16.5. The summed E-state index contributed by atoms with van der Waals surface area (Å²) in [5.74, 6) is 0.991. The van der Waals surface area contributed by atoms with Gasteiger partial charge in [0, 0.05) is 37.8 Å². The fraction of sp³-hybridized carbons (Fsp3) is 0.519. The molecule has 5 heteroatoms. The number of aliphatic hydroxyl groups excluding tert-OH is 1. The number of amides is 1. The van der Waals surface area contributed by atoms with Gasteiger partial charge in [0.1, 0.15) is 11.9 Å². The smallest absolute Gasteiger partial charge is 0.253 e. The molecule has 2 aromatic carbocycles. The van der Waals surface area contributed by atoms with E-state index in [4.69, 9.17) is 4.74 Å². The Morgan fingerprint density at radius 1 is 0.781 bits per heavy atom. The van der Waals surface area contributed by atoms with Crippen molar-refractivity contribution in [2.75, 3.05) is 26.2 Å². The largest absolute Gasteiger partial charge is 0.490 e. The van der Waals surface area contributed by atoms with Crippen LogP contribution in [0, 0.1) is 0 Å². The first-order valence-corrected chi connectivity index (χ1v) is 12.2. The minimum Gasteiger partial charge on any atom is -0.490 e. The highest BCUT2D eigenvalue weighted by Crippen LogP contribution is 2.29. The molecule has 170 valence electrons. The number of carbonyl (C=O) groups is 1. The van der Waals surface area contributed by atoms with Gasteiger partial charge in [0.15, 0.2) is 0 Å². The van der Waals surface area contributed by atoms with E-state index in [1.807, 2.05) is 29.2 Å². The second-order valence-corrected chi connectivity index (χ2v) is 9.56. The van der Waals surface area contributed by atoms with E-state index in [2.05, 4.69) is 29.2 Å². The molecular weight excluding hydrogens is 400 g/mol. The van der Waals surface area contributed by atoms with Crippen LogP contribution in [0.4, 0.5) is 0 Å². The average Bonchev–Trinajstić information content (AvgIpc) is 2.80. The van der Waals surface area contributed by atoms with Gasteiger partial charge < -0.3 is 19.6 Å². The van der Waals surface area contributed by atoms with Crippen molar-refractivity contribution in [2.24, 2.45) is 0 Å². The van der Waals surface area contributed by atoms with Crippen molar-refractivity contribution in [1.29, 1.82) is 0 Å². The summed E-state index contributed by atoms with van der Waals surface area (Å²) in [5, 5.41) is 9.65. The summed E-state index contributed by atoms with van der Waals surface area (Å²) >= 11 is 0. The molecule has 0 spiro atoms. The number of aliphatic hydroxyl groups is 1. The maximum absolute atomic E-state index is 12.7. The van der Waals surface area contributed by atoms with Gasteiger partial charge in [0.2, 0.25) is 0 Å². The summed E-state index contributed by atoms with van der Waals surface area (Å²) in [6, 6.07) is 17.0. The molecule has 2 heterocycles. The molecule has 0 bridgehead atoms. The Balaban J connectivity index is 1.15. The van der Waals surface area contributed by atoms with E-state index in [0.29, 0.717) is 37.6 Å². The van der Waals surface area contributed by atoms with Gasteiger partial charge >= 0.3 is 0 Å². The van der Waals surface area contributed by atoms with E-state index in [9.17, 15) is 9.90 Å². The minimum atomic E-state index is -0.270. The van der Waals surface area contributed by atoms with E-state index in [-0.39, 0.29) is 12.0 Å². The number of carbonyl (C=O) groups excluding carboxylic acids is 1. The highest BCUT2D eigenvalue weighted by Gasteiger charge is 2.29. The van der Waals surface area contributed by atoms with E-state index >= 15 is 0 Å². The molecule has 0 radical (unpaired) electrons. The number of benzene rings is 2. The van der Waals surface area contributed by atoms with Crippen molar-refractivity contribution < 1.29 is 14.6 Å². The van der Waals surface area contributed by atoms with Crippen molar-refractivity contribution >= 4 is 5.91 Å². The third-order valence-corrected chi connectivity index (χ3v) is 7.44. The van der Waals surface area contributed by atoms with E-state index < -0.39 is 0 Å². The molecule has 2 saturated heterocycles. The monoisotopic (exact) mass is 434 g/mol. The predicted octanol–water partition coefficient (Wildman–Crippen LogP) is 4.35. The van der Waals surface area contributed by atoms with Crippen LogP contribution in [-0.2, 0) is 0 Å². The lowest BCUT2D eigenvalue weighted by Gasteiger charge is -2.41. The number of rotatable bonds is 5. The van der Waals surface area contributed by atoms with Crippen LogP contribution in [0.25, 0.3) is 11.1 Å². The molecule has 2 aromatic rings. The molecule has 3 aliphatic rings. The SMILES string of the molecule is O=C(c1ccc(-c2ccc(OC3CCN(C4CCC4)CC3)cc2)cc1)N1CCC(O)CC1. The minimum absolute atomic E-state index is 0.0514. The predicted molar refractivity (Wildman–Crippen MR) is 126 cm³/mol. The Kier molecular flexibility index (Phi) is 6.47. The normalized spacial score (nSPS) is 21.3. The average molecular weight is 435 g/mol. The number of nitrogens with zero attached hydrogens (tertiary/aromatic N) is 2. The topological polar surface area (TPSA) is 53.0 Å². The Morgan fingerprint density at radius 3 is 1.94 bits per heavy atom. The molecule has 5 rings (SSSR count). The second kappa shape index (κ2) is 9.63. The number of piperidine rings is 2. The third-order valence-electron chi connectivity index (χ3n) is 7.44. The molecule has 1 N–H and O–H groups in total. The van der Waals surface area contributed by atoms with Crippen LogP contribution < -0.4 is 4.74 Å². The summed E-state index contributed by atoms with van der Waals surface area (Å²) in [4.78, 5) is 17.2. The number of hydrogen-bond donors (Lipinski definition) is 1. The zero-order valence-electron chi connectivity index (χ0n) is 18.8. The molecular formula is C27H34N2O3. The lowest BCUT2D eigenvalue weighted by molar-refractivity contribution is 0.0493. The second-order valence-electron chi connectivity index (χ2n) is 9.56. The first-order chi connectivity index (χ1) is 15.7. The van der Waals surface area contributed by atoms with E-state index in [1.165, 1.54) is 19.3 Å². The van der Waals surface area contributed by atoms with Gasteiger partial charge in [-0.15, -0.1) is 0 Å². The lowest BCUT2D eigenvalue weighted by Crippen LogP contribution is -2.46. The van der Waals surface area contributed by atoms with Crippen LogP contribution in [0.15, 0.2) is 48.5 Å². The Hall–Kier alpha value is -2.37. The quantitative estimate of drug-likeness (QED) is 0.760. The highest BCUT2D eigenvalue weighted by molar-refractivity contribution is 5.94. The van der Waals surface area contributed by atoms with Crippen molar-refractivity contribution in [3.63, 3.8) is 0 Å². The van der Waals surface area contributed by atoms with Crippen molar-refractivity contribution in [3.05, 3.63) is 54.1 Å². The fourth-order valence-corrected chi connectivity index (χ4v) is 5.09. The van der Waals surface area contributed by atoms with Gasteiger partial charge in [-0.3, -0.25) is 4.79 Å². The summed E-state index contributed by atoms with van der Waals surface area (Å²) < 4.78 is 6.26. The molecule has 1 saturated carbocycles. The standard InChI is InChI=1S/C27H34N2O3/c30-24-12-16-29(17-13-24)27(31)22-6-4-20(5-7-22)21-8-10-25(11-9-21)32-26-14-18-28(19-15-26)23-2-1-3-23/h4-11,23-24,26,30H,1-3,12-19H2. The molecule has 0 unspecified atom stereocenters. The lowest BCUT2D eigenvalue weighted by atomic mass is 9.90.